The summed E-state index contributed by atoms with van der Waals surface area (Å²) < 4.78 is 0. The number of unbranched alkanes of at least 4 members (excludes halogenated alkanes) is 1. The van der Waals surface area contributed by atoms with Crippen molar-refractivity contribution in [1.29, 1.82) is 0 Å². The first-order valence-corrected chi connectivity index (χ1v) is 1.91. The topological polar surface area (TPSA) is 0 Å². The zero-order chi connectivity index (χ0) is 3.41. The summed E-state index contributed by atoms with van der Waals surface area (Å²) in [7, 11) is 0. The Bertz CT molecular complexity index is 7.51. The van der Waals surface area contributed by atoms with E-state index in [1.54, 1.807) is 0 Å². The van der Waals surface area contributed by atoms with E-state index >= 15 is 0 Å². The van der Waals surface area contributed by atoms with Crippen molar-refractivity contribution >= 4 is 59.1 Å². The van der Waals surface area contributed by atoms with E-state index in [-0.39, 0.29) is 59.1 Å². The van der Waals surface area contributed by atoms with E-state index in [4.69, 9.17) is 0 Å². The molecule has 0 heterocycles. The zero-order valence-corrected chi connectivity index (χ0v) is 3.41. The van der Waals surface area contributed by atoms with Gasteiger partial charge in [-0.2, -0.15) is 0 Å². The number of hydrogen-bond acceptors (Lipinski definition) is 0. The molecule has 0 aromatic rings. The predicted octanol–water partition coefficient (Wildman–Crippen LogP) is 0.509. The molecule has 0 N–H and O–H groups in total. The fraction of sp³-hybridized carbons (Fsp3) is 1.00. The monoisotopic (exact) mass is 106 g/mol. The Balaban J connectivity index is -0.0000000450. The Morgan fingerprint density at radius 3 is 1.00 bits per heavy atom. The molecule has 0 unspecified atom stereocenters. The van der Waals surface area contributed by atoms with Gasteiger partial charge < -0.3 is 0 Å². The van der Waals surface area contributed by atoms with Gasteiger partial charge in [0.05, 0.1) is 0 Å². The molecule has 0 nitrogen and oxygen atoms in total. The van der Waals surface area contributed by atoms with Crippen molar-refractivity contribution in [2.75, 3.05) is 0 Å². The molecule has 30 valence electrons. The molecular formula is C4H12Na2. The molecule has 0 spiro atoms. The van der Waals surface area contributed by atoms with Crippen LogP contribution in [-0.2, 0) is 0 Å². The number of rotatable bonds is 1. The van der Waals surface area contributed by atoms with Gasteiger partial charge in [0, 0.05) is 0 Å². The summed E-state index contributed by atoms with van der Waals surface area (Å²) in [6.07, 6.45) is 2.64. The van der Waals surface area contributed by atoms with Crippen LogP contribution in [0.5, 0.6) is 0 Å². The third-order valence-corrected chi connectivity index (χ3v) is 0.500. The summed E-state index contributed by atoms with van der Waals surface area (Å²) in [5.41, 5.74) is 0. The van der Waals surface area contributed by atoms with Crippen molar-refractivity contribution in [2.45, 2.75) is 26.7 Å². The Morgan fingerprint density at radius 1 is 0.833 bits per heavy atom. The Hall–Kier alpha value is 2.00. The molecule has 0 amide bonds. The van der Waals surface area contributed by atoms with Gasteiger partial charge in [0.25, 0.3) is 0 Å². The third kappa shape index (κ3) is 16.7. The molecule has 0 aliphatic carbocycles. The molecule has 2 heteroatoms. The van der Waals surface area contributed by atoms with Crippen LogP contribution in [0.15, 0.2) is 0 Å². The van der Waals surface area contributed by atoms with Crippen LogP contribution in [0.3, 0.4) is 0 Å². The van der Waals surface area contributed by atoms with Crippen molar-refractivity contribution in [3.63, 3.8) is 0 Å². The second kappa shape index (κ2) is 15.8. The molecule has 6 heavy (non-hydrogen) atoms. The molecule has 0 fully saturated rings. The Labute approximate surface area is 84.7 Å². The maximum absolute atomic E-state index is 2.18. The molecule has 0 aromatic heterocycles. The molecule has 0 atom stereocenters. The van der Waals surface area contributed by atoms with Gasteiger partial charge in [0.1, 0.15) is 0 Å². The van der Waals surface area contributed by atoms with Crippen molar-refractivity contribution in [3.05, 3.63) is 0 Å². The van der Waals surface area contributed by atoms with Gasteiger partial charge >= 0.3 is 59.1 Å². The van der Waals surface area contributed by atoms with Crippen molar-refractivity contribution in [3.8, 4) is 0 Å². The predicted molar refractivity (Wildman–Crippen MR) is 34.9 cm³/mol. The standard InChI is InChI=1S/C4H10.2Na.2H/c1-3-4-2;;;;/h3-4H2,1-2H3;;;;. The fourth-order valence-corrected chi connectivity index (χ4v) is 0. The molecule has 0 saturated carbocycles. The average molecular weight is 106 g/mol. The summed E-state index contributed by atoms with van der Waals surface area (Å²) in [6.45, 7) is 4.36. The summed E-state index contributed by atoms with van der Waals surface area (Å²) in [5, 5.41) is 0. The first-order chi connectivity index (χ1) is 1.91. The van der Waals surface area contributed by atoms with Crippen molar-refractivity contribution < 1.29 is 0 Å². The molecule has 0 aliphatic rings. The van der Waals surface area contributed by atoms with Crippen LogP contribution in [0, 0.1) is 0 Å². The van der Waals surface area contributed by atoms with Crippen LogP contribution >= 0.6 is 0 Å². The van der Waals surface area contributed by atoms with Gasteiger partial charge in [-0.05, 0) is 0 Å². The number of hydrogen-bond donors (Lipinski definition) is 0. The fourth-order valence-electron chi connectivity index (χ4n) is 0. The second-order valence-corrected chi connectivity index (χ2v) is 1.000. The van der Waals surface area contributed by atoms with Crippen LogP contribution in [0.2, 0.25) is 0 Å². The van der Waals surface area contributed by atoms with Gasteiger partial charge in [-0.15, -0.1) is 0 Å². The quantitative estimate of drug-likeness (QED) is 0.427. The summed E-state index contributed by atoms with van der Waals surface area (Å²) in [4.78, 5) is 0. The van der Waals surface area contributed by atoms with Crippen LogP contribution in [-0.4, -0.2) is 59.1 Å². The molecule has 0 saturated heterocycles. The normalized spacial score (nSPS) is 5.00. The summed E-state index contributed by atoms with van der Waals surface area (Å²) in [6, 6.07) is 0. The average Bonchev–Trinajstić information content (AvgIpc) is 1.37. The third-order valence-electron chi connectivity index (χ3n) is 0.500. The first-order valence-electron chi connectivity index (χ1n) is 1.91. The molecule has 0 aliphatic heterocycles. The van der Waals surface area contributed by atoms with Crippen LogP contribution < -0.4 is 0 Å². The molecule has 0 aromatic carbocycles. The molecular weight excluding hydrogens is 94.0 g/mol. The van der Waals surface area contributed by atoms with E-state index in [0.717, 1.165) is 0 Å². The zero-order valence-electron chi connectivity index (χ0n) is 3.41. The van der Waals surface area contributed by atoms with E-state index in [1.165, 1.54) is 12.8 Å². The van der Waals surface area contributed by atoms with Crippen LogP contribution in [0.25, 0.3) is 0 Å². The minimum absolute atomic E-state index is 0. The summed E-state index contributed by atoms with van der Waals surface area (Å²) >= 11 is 0. The van der Waals surface area contributed by atoms with E-state index in [9.17, 15) is 0 Å². The minimum atomic E-state index is 0. The van der Waals surface area contributed by atoms with E-state index in [2.05, 4.69) is 13.8 Å². The van der Waals surface area contributed by atoms with Gasteiger partial charge in [-0.3, -0.25) is 0 Å². The van der Waals surface area contributed by atoms with Gasteiger partial charge in [0.15, 0.2) is 0 Å². The van der Waals surface area contributed by atoms with Gasteiger partial charge in [-0.1, -0.05) is 26.7 Å². The van der Waals surface area contributed by atoms with Crippen molar-refractivity contribution in [1.82, 2.24) is 0 Å². The second-order valence-electron chi connectivity index (χ2n) is 1.000. The Morgan fingerprint density at radius 2 is 1.00 bits per heavy atom. The molecule has 0 bridgehead atoms. The molecule has 0 radical (unpaired) electrons. The molecule has 0 rings (SSSR count). The van der Waals surface area contributed by atoms with E-state index in [1.807, 2.05) is 0 Å². The van der Waals surface area contributed by atoms with E-state index < -0.39 is 0 Å². The maximum atomic E-state index is 2.18. The SMILES string of the molecule is CCCC.[NaH].[NaH]. The van der Waals surface area contributed by atoms with Gasteiger partial charge in [0.2, 0.25) is 0 Å². The van der Waals surface area contributed by atoms with Gasteiger partial charge in [-0.25, -0.2) is 0 Å². The Kier molecular flexibility index (Phi) is 41.2. The summed E-state index contributed by atoms with van der Waals surface area (Å²) in [5.74, 6) is 0. The van der Waals surface area contributed by atoms with Crippen LogP contribution in [0.4, 0.5) is 0 Å². The van der Waals surface area contributed by atoms with Crippen LogP contribution in [0.1, 0.15) is 26.7 Å². The van der Waals surface area contributed by atoms with E-state index in [0.29, 0.717) is 0 Å². The first kappa shape index (κ1) is 15.7. The van der Waals surface area contributed by atoms with Crippen molar-refractivity contribution in [2.24, 2.45) is 0 Å².